The van der Waals surface area contributed by atoms with Crippen molar-refractivity contribution in [3.63, 3.8) is 0 Å². The molecule has 6 nitrogen and oxygen atoms in total. The van der Waals surface area contributed by atoms with Gasteiger partial charge in [0.2, 0.25) is 5.91 Å². The second kappa shape index (κ2) is 7.78. The Morgan fingerprint density at radius 3 is 2.26 bits per heavy atom. The fourth-order valence-corrected chi connectivity index (χ4v) is 2.61. The lowest BCUT2D eigenvalue weighted by Crippen LogP contribution is -2.33. The molecule has 0 fully saturated rings. The SMILES string of the molecule is CC(=O)c1ccc(NC(=O)C(C)n2nc(-c3ccccc3)ccc2=O)cc1. The average molecular weight is 361 g/mol. The summed E-state index contributed by atoms with van der Waals surface area (Å²) in [5.41, 5.74) is 2.22. The first-order valence-corrected chi connectivity index (χ1v) is 8.53. The van der Waals surface area contributed by atoms with Gasteiger partial charge in [-0.1, -0.05) is 30.3 Å². The third-order valence-corrected chi connectivity index (χ3v) is 4.20. The van der Waals surface area contributed by atoms with Gasteiger partial charge in [0.25, 0.3) is 5.56 Å². The minimum Gasteiger partial charge on any atom is -0.324 e. The zero-order valence-corrected chi connectivity index (χ0v) is 15.0. The van der Waals surface area contributed by atoms with Crippen LogP contribution in [0.1, 0.15) is 30.2 Å². The lowest BCUT2D eigenvalue weighted by atomic mass is 10.1. The van der Waals surface area contributed by atoms with E-state index in [4.69, 9.17) is 0 Å². The smallest absolute Gasteiger partial charge is 0.267 e. The number of nitrogens with one attached hydrogen (secondary N) is 1. The van der Waals surface area contributed by atoms with Crippen LogP contribution in [-0.4, -0.2) is 21.5 Å². The predicted octanol–water partition coefficient (Wildman–Crippen LogP) is 3.31. The summed E-state index contributed by atoms with van der Waals surface area (Å²) in [6.07, 6.45) is 0. The number of anilines is 1. The monoisotopic (exact) mass is 361 g/mol. The van der Waals surface area contributed by atoms with E-state index in [2.05, 4.69) is 10.4 Å². The molecule has 136 valence electrons. The number of hydrogen-bond donors (Lipinski definition) is 1. The summed E-state index contributed by atoms with van der Waals surface area (Å²) in [4.78, 5) is 36.1. The van der Waals surface area contributed by atoms with Crippen molar-refractivity contribution >= 4 is 17.4 Å². The van der Waals surface area contributed by atoms with Gasteiger partial charge in [-0.25, -0.2) is 4.68 Å². The third kappa shape index (κ3) is 4.17. The van der Waals surface area contributed by atoms with Crippen LogP contribution >= 0.6 is 0 Å². The maximum absolute atomic E-state index is 12.6. The Labute approximate surface area is 156 Å². The molecular formula is C21H19N3O3. The van der Waals surface area contributed by atoms with Gasteiger partial charge in [0, 0.05) is 22.9 Å². The van der Waals surface area contributed by atoms with Crippen LogP contribution in [0.25, 0.3) is 11.3 Å². The molecule has 1 heterocycles. The topological polar surface area (TPSA) is 81.1 Å². The molecule has 27 heavy (non-hydrogen) atoms. The Hall–Kier alpha value is -3.54. The zero-order valence-electron chi connectivity index (χ0n) is 15.0. The van der Waals surface area contributed by atoms with Crippen molar-refractivity contribution < 1.29 is 9.59 Å². The van der Waals surface area contributed by atoms with Gasteiger partial charge in [0.15, 0.2) is 5.78 Å². The number of benzene rings is 2. The van der Waals surface area contributed by atoms with Crippen LogP contribution in [0.4, 0.5) is 5.69 Å². The Kier molecular flexibility index (Phi) is 5.26. The molecule has 0 aliphatic rings. The fraction of sp³-hybridized carbons (Fsp3) is 0.143. The number of nitrogens with zero attached hydrogens (tertiary/aromatic N) is 2. The first-order chi connectivity index (χ1) is 13.0. The Morgan fingerprint density at radius 2 is 1.63 bits per heavy atom. The highest BCUT2D eigenvalue weighted by atomic mass is 16.2. The molecular weight excluding hydrogens is 342 g/mol. The van der Waals surface area contributed by atoms with E-state index in [-0.39, 0.29) is 17.2 Å². The van der Waals surface area contributed by atoms with Crippen molar-refractivity contribution in [3.05, 3.63) is 82.6 Å². The largest absolute Gasteiger partial charge is 0.324 e. The van der Waals surface area contributed by atoms with Crippen molar-refractivity contribution in [2.75, 3.05) is 5.32 Å². The molecule has 0 saturated heterocycles. The number of amides is 1. The van der Waals surface area contributed by atoms with E-state index < -0.39 is 6.04 Å². The standard InChI is InChI=1S/C21H19N3O3/c1-14(21(27)22-18-10-8-16(9-11-18)15(2)25)24-20(26)13-12-19(23-24)17-6-4-3-5-7-17/h3-14H,1-2H3,(H,22,27). The quantitative estimate of drug-likeness (QED) is 0.707. The molecule has 1 unspecified atom stereocenters. The summed E-state index contributed by atoms with van der Waals surface area (Å²) in [5, 5.41) is 7.08. The molecule has 0 saturated carbocycles. The third-order valence-electron chi connectivity index (χ3n) is 4.20. The van der Waals surface area contributed by atoms with Gasteiger partial charge < -0.3 is 5.32 Å². The summed E-state index contributed by atoms with van der Waals surface area (Å²) >= 11 is 0. The van der Waals surface area contributed by atoms with Gasteiger partial charge in [-0.15, -0.1) is 0 Å². The molecule has 1 aromatic heterocycles. The second-order valence-electron chi connectivity index (χ2n) is 6.17. The minimum absolute atomic E-state index is 0.0466. The highest BCUT2D eigenvalue weighted by molar-refractivity contribution is 5.96. The highest BCUT2D eigenvalue weighted by Crippen LogP contribution is 2.16. The summed E-state index contributed by atoms with van der Waals surface area (Å²) in [6, 6.07) is 18.3. The number of ketones is 1. The normalized spacial score (nSPS) is 11.6. The molecule has 0 bridgehead atoms. The fourth-order valence-electron chi connectivity index (χ4n) is 2.61. The Balaban J connectivity index is 1.82. The number of carbonyl (C=O) groups excluding carboxylic acids is 2. The van der Waals surface area contributed by atoms with E-state index in [0.29, 0.717) is 16.9 Å². The van der Waals surface area contributed by atoms with Gasteiger partial charge in [0.1, 0.15) is 6.04 Å². The van der Waals surface area contributed by atoms with E-state index in [0.717, 1.165) is 5.56 Å². The van der Waals surface area contributed by atoms with Crippen LogP contribution in [0, 0.1) is 0 Å². The molecule has 0 aliphatic carbocycles. The number of hydrogen-bond acceptors (Lipinski definition) is 4. The van der Waals surface area contributed by atoms with Crippen molar-refractivity contribution in [1.29, 1.82) is 0 Å². The molecule has 0 radical (unpaired) electrons. The lowest BCUT2D eigenvalue weighted by molar-refractivity contribution is -0.119. The van der Waals surface area contributed by atoms with Gasteiger partial charge >= 0.3 is 0 Å². The predicted molar refractivity (Wildman–Crippen MR) is 104 cm³/mol. The van der Waals surface area contributed by atoms with Crippen LogP contribution < -0.4 is 10.9 Å². The lowest BCUT2D eigenvalue weighted by Gasteiger charge is -2.15. The summed E-state index contributed by atoms with van der Waals surface area (Å²) in [6.45, 7) is 3.09. The molecule has 1 amide bonds. The van der Waals surface area contributed by atoms with Crippen LogP contribution in [0.5, 0.6) is 0 Å². The molecule has 3 aromatic rings. The number of Topliss-reactive ketones (excluding diaryl/α,β-unsaturated/α-hetero) is 1. The summed E-state index contributed by atoms with van der Waals surface area (Å²) < 4.78 is 1.17. The molecule has 0 aliphatic heterocycles. The van der Waals surface area contributed by atoms with Crippen LogP contribution in [0.2, 0.25) is 0 Å². The van der Waals surface area contributed by atoms with E-state index in [9.17, 15) is 14.4 Å². The van der Waals surface area contributed by atoms with Gasteiger partial charge in [-0.3, -0.25) is 14.4 Å². The molecule has 3 rings (SSSR count). The minimum atomic E-state index is -0.798. The maximum atomic E-state index is 12.6. The van der Waals surface area contributed by atoms with Gasteiger partial charge in [-0.05, 0) is 44.2 Å². The molecule has 2 aromatic carbocycles. The van der Waals surface area contributed by atoms with Crippen molar-refractivity contribution in [1.82, 2.24) is 9.78 Å². The zero-order chi connectivity index (χ0) is 19.4. The van der Waals surface area contributed by atoms with Crippen LogP contribution in [-0.2, 0) is 4.79 Å². The molecule has 6 heteroatoms. The molecule has 1 atom stereocenters. The second-order valence-corrected chi connectivity index (χ2v) is 6.17. The van der Waals surface area contributed by atoms with Crippen LogP contribution in [0.15, 0.2) is 71.5 Å². The number of carbonyl (C=O) groups is 2. The first kappa shape index (κ1) is 18.3. The maximum Gasteiger partial charge on any atom is 0.267 e. The van der Waals surface area contributed by atoms with E-state index in [1.54, 1.807) is 37.3 Å². The van der Waals surface area contributed by atoms with Gasteiger partial charge in [-0.2, -0.15) is 5.10 Å². The highest BCUT2D eigenvalue weighted by Gasteiger charge is 2.18. The van der Waals surface area contributed by atoms with Crippen molar-refractivity contribution in [3.8, 4) is 11.3 Å². The molecule has 0 spiro atoms. The molecule has 1 N–H and O–H groups in total. The van der Waals surface area contributed by atoms with E-state index in [1.165, 1.54) is 17.7 Å². The van der Waals surface area contributed by atoms with E-state index >= 15 is 0 Å². The van der Waals surface area contributed by atoms with Crippen molar-refractivity contribution in [2.24, 2.45) is 0 Å². The van der Waals surface area contributed by atoms with Gasteiger partial charge in [0.05, 0.1) is 5.69 Å². The number of rotatable bonds is 5. The summed E-state index contributed by atoms with van der Waals surface area (Å²) in [7, 11) is 0. The average Bonchev–Trinajstić information content (AvgIpc) is 2.69. The Bertz CT molecular complexity index is 1020. The summed E-state index contributed by atoms with van der Waals surface area (Å²) in [5.74, 6) is -0.417. The van der Waals surface area contributed by atoms with Crippen LogP contribution in [0.3, 0.4) is 0 Å². The van der Waals surface area contributed by atoms with E-state index in [1.807, 2.05) is 30.3 Å². The Morgan fingerprint density at radius 1 is 0.963 bits per heavy atom. The first-order valence-electron chi connectivity index (χ1n) is 8.53. The van der Waals surface area contributed by atoms with Crippen molar-refractivity contribution in [2.45, 2.75) is 19.9 Å². The number of aromatic nitrogens is 2.